The minimum Gasteiger partial charge on any atom is -1.00 e. The predicted molar refractivity (Wildman–Crippen MR) is 101 cm³/mol. The Bertz CT molecular complexity index is 459. The monoisotopic (exact) mass is 366 g/mol. The Labute approximate surface area is 173 Å². The standard InChI is InChI=1S/C18H30.CH4O3S.Na.H/c1-2-3-4-5-6-7-8-9-10-12-15-18-16-13-11-14-17-18;1-5(2,3)4;;/h11,13-14,16-17H,2-10,12,15H2,1H3;1H3,(H,2,3,4);;/q;;+1;-1. The molecule has 1 rings (SSSR count). The van der Waals surface area contributed by atoms with Gasteiger partial charge in [-0.25, -0.2) is 0 Å². The van der Waals surface area contributed by atoms with E-state index in [2.05, 4.69) is 37.3 Å². The SMILES string of the molecule is CCCCCCCCCCCCc1ccccc1.CS(=O)(=O)O.[H-].[Na+]. The van der Waals surface area contributed by atoms with Crippen LogP contribution in [0.5, 0.6) is 0 Å². The van der Waals surface area contributed by atoms with Crippen molar-refractivity contribution in [3.05, 3.63) is 35.9 Å². The van der Waals surface area contributed by atoms with Crippen LogP contribution in [0.4, 0.5) is 0 Å². The van der Waals surface area contributed by atoms with Crippen LogP contribution in [0.1, 0.15) is 78.1 Å². The van der Waals surface area contributed by atoms with E-state index in [-0.39, 0.29) is 31.0 Å². The molecule has 1 aromatic carbocycles. The van der Waals surface area contributed by atoms with Gasteiger partial charge in [0.1, 0.15) is 0 Å². The molecular weight excluding hydrogens is 331 g/mol. The maximum absolute atomic E-state index is 9.19. The van der Waals surface area contributed by atoms with Crippen molar-refractivity contribution >= 4 is 10.1 Å². The van der Waals surface area contributed by atoms with E-state index in [0.717, 1.165) is 0 Å². The maximum Gasteiger partial charge on any atom is 1.00 e. The first kappa shape index (κ1) is 26.4. The normalized spacial score (nSPS) is 10.5. The van der Waals surface area contributed by atoms with E-state index in [1.807, 2.05) is 0 Å². The van der Waals surface area contributed by atoms with Crippen LogP contribution in [0.2, 0.25) is 0 Å². The predicted octanol–water partition coefficient (Wildman–Crippen LogP) is 2.77. The van der Waals surface area contributed by atoms with Crippen LogP contribution < -0.4 is 29.6 Å². The molecule has 136 valence electrons. The van der Waals surface area contributed by atoms with Crippen LogP contribution in [-0.4, -0.2) is 19.2 Å². The summed E-state index contributed by atoms with van der Waals surface area (Å²) in [7, 11) is -3.67. The summed E-state index contributed by atoms with van der Waals surface area (Å²) >= 11 is 0. The van der Waals surface area contributed by atoms with Crippen LogP contribution in [0, 0.1) is 0 Å². The fourth-order valence-corrected chi connectivity index (χ4v) is 2.46. The van der Waals surface area contributed by atoms with Gasteiger partial charge in [-0.15, -0.1) is 0 Å². The third kappa shape index (κ3) is 24.4. The van der Waals surface area contributed by atoms with Gasteiger partial charge in [0.25, 0.3) is 10.1 Å². The molecule has 0 saturated carbocycles. The second-order valence-electron chi connectivity index (χ2n) is 6.15. The van der Waals surface area contributed by atoms with Crippen molar-refractivity contribution in [1.29, 1.82) is 0 Å². The number of rotatable bonds is 11. The molecule has 0 fully saturated rings. The molecule has 0 bridgehead atoms. The summed E-state index contributed by atoms with van der Waals surface area (Å²) in [6.45, 7) is 2.28. The fourth-order valence-electron chi connectivity index (χ4n) is 2.46. The zero-order chi connectivity index (χ0) is 17.4. The van der Waals surface area contributed by atoms with Crippen molar-refractivity contribution in [1.82, 2.24) is 0 Å². The van der Waals surface area contributed by atoms with E-state index in [1.54, 1.807) is 0 Å². The first-order valence-corrected chi connectivity index (χ1v) is 10.7. The summed E-state index contributed by atoms with van der Waals surface area (Å²) in [6, 6.07) is 10.9. The Hall–Kier alpha value is 0.130. The number of aryl methyl sites for hydroxylation is 1. The quantitative estimate of drug-likeness (QED) is 0.372. The summed E-state index contributed by atoms with van der Waals surface area (Å²) in [5, 5.41) is 0. The van der Waals surface area contributed by atoms with E-state index in [1.165, 1.54) is 76.2 Å². The van der Waals surface area contributed by atoms with Gasteiger partial charge in [0.05, 0.1) is 6.26 Å². The second-order valence-corrected chi connectivity index (χ2v) is 7.62. The van der Waals surface area contributed by atoms with Crippen molar-refractivity contribution in [2.75, 3.05) is 6.26 Å². The van der Waals surface area contributed by atoms with E-state index >= 15 is 0 Å². The van der Waals surface area contributed by atoms with Gasteiger partial charge in [0.2, 0.25) is 0 Å². The summed E-state index contributed by atoms with van der Waals surface area (Å²) in [6.07, 6.45) is 16.2. The van der Waals surface area contributed by atoms with Crippen molar-refractivity contribution in [3.8, 4) is 0 Å². The molecule has 0 aliphatic rings. The molecule has 0 unspecified atom stereocenters. The summed E-state index contributed by atoms with van der Waals surface area (Å²) in [5.74, 6) is 0. The first-order chi connectivity index (χ1) is 10.9. The molecule has 0 radical (unpaired) electrons. The van der Waals surface area contributed by atoms with Gasteiger partial charge >= 0.3 is 29.6 Å². The van der Waals surface area contributed by atoms with Gasteiger partial charge in [-0.1, -0.05) is 95.0 Å². The molecule has 5 heteroatoms. The maximum atomic E-state index is 9.19. The second kappa shape index (κ2) is 17.9. The van der Waals surface area contributed by atoms with E-state index in [0.29, 0.717) is 6.26 Å². The zero-order valence-electron chi connectivity index (χ0n) is 16.8. The number of unbranched alkanes of at least 4 members (excludes halogenated alkanes) is 9. The van der Waals surface area contributed by atoms with Gasteiger partial charge in [-0.05, 0) is 18.4 Å². The summed E-state index contributed by atoms with van der Waals surface area (Å²) < 4.78 is 25.9. The average molecular weight is 367 g/mol. The van der Waals surface area contributed by atoms with Gasteiger partial charge in [-0.2, -0.15) is 8.42 Å². The van der Waals surface area contributed by atoms with Crippen LogP contribution in [0.3, 0.4) is 0 Å². The Morgan fingerprint density at radius 1 is 0.833 bits per heavy atom. The third-order valence-electron chi connectivity index (χ3n) is 3.66. The smallest absolute Gasteiger partial charge is 1.00 e. The molecule has 24 heavy (non-hydrogen) atoms. The van der Waals surface area contributed by atoms with E-state index < -0.39 is 10.1 Å². The summed E-state index contributed by atoms with van der Waals surface area (Å²) in [5.41, 5.74) is 1.50. The Kier molecular flexibility index (Phi) is 19.7. The van der Waals surface area contributed by atoms with Gasteiger partial charge < -0.3 is 1.43 Å². The molecule has 0 amide bonds. The van der Waals surface area contributed by atoms with Crippen LogP contribution >= 0.6 is 0 Å². The topological polar surface area (TPSA) is 54.4 Å². The van der Waals surface area contributed by atoms with Crippen LogP contribution in [0.15, 0.2) is 30.3 Å². The fraction of sp³-hybridized carbons (Fsp3) is 0.684. The molecule has 0 aliphatic heterocycles. The molecule has 1 aromatic rings. The van der Waals surface area contributed by atoms with Crippen molar-refractivity contribution in [3.63, 3.8) is 0 Å². The van der Waals surface area contributed by atoms with Crippen molar-refractivity contribution in [2.45, 2.75) is 77.6 Å². The largest absolute Gasteiger partial charge is 1.00 e. The minimum absolute atomic E-state index is 0. The third-order valence-corrected chi connectivity index (χ3v) is 3.66. The molecule has 0 aliphatic carbocycles. The number of benzene rings is 1. The molecule has 0 spiro atoms. The molecule has 0 atom stereocenters. The molecule has 0 heterocycles. The van der Waals surface area contributed by atoms with E-state index in [4.69, 9.17) is 4.55 Å². The number of hydrogen-bond donors (Lipinski definition) is 1. The van der Waals surface area contributed by atoms with Crippen molar-refractivity contribution in [2.24, 2.45) is 0 Å². The average Bonchev–Trinajstić information content (AvgIpc) is 2.48. The van der Waals surface area contributed by atoms with Gasteiger partial charge in [0, 0.05) is 0 Å². The van der Waals surface area contributed by atoms with Crippen molar-refractivity contribution < 1.29 is 44.0 Å². The van der Waals surface area contributed by atoms with Gasteiger partial charge in [-0.3, -0.25) is 4.55 Å². The van der Waals surface area contributed by atoms with Crippen LogP contribution in [-0.2, 0) is 16.5 Å². The van der Waals surface area contributed by atoms with Gasteiger partial charge in [0.15, 0.2) is 0 Å². The molecule has 0 saturated heterocycles. The zero-order valence-corrected chi connectivity index (χ0v) is 18.7. The Morgan fingerprint density at radius 3 is 1.62 bits per heavy atom. The Morgan fingerprint density at radius 2 is 1.21 bits per heavy atom. The molecule has 1 N–H and O–H groups in total. The first-order valence-electron chi connectivity index (χ1n) is 8.90. The number of hydrogen-bond acceptors (Lipinski definition) is 2. The minimum atomic E-state index is -3.67. The molecule has 0 aromatic heterocycles. The Balaban J connectivity index is -0.000000610. The van der Waals surface area contributed by atoms with E-state index in [9.17, 15) is 8.42 Å². The molecule has 3 nitrogen and oxygen atoms in total. The summed E-state index contributed by atoms with van der Waals surface area (Å²) in [4.78, 5) is 0. The van der Waals surface area contributed by atoms with Crippen LogP contribution in [0.25, 0.3) is 0 Å². The molecular formula is C19H35NaO3S.